The summed E-state index contributed by atoms with van der Waals surface area (Å²) in [5.74, 6) is 2.39. The van der Waals surface area contributed by atoms with E-state index in [1.807, 2.05) is 11.8 Å². The maximum Gasteiger partial charge on any atom is 0.0376 e. The van der Waals surface area contributed by atoms with Gasteiger partial charge in [-0.3, -0.25) is 0 Å². The van der Waals surface area contributed by atoms with Crippen LogP contribution >= 0.6 is 11.8 Å². The first-order chi connectivity index (χ1) is 9.33. The van der Waals surface area contributed by atoms with Crippen molar-refractivity contribution in [3.8, 4) is 0 Å². The van der Waals surface area contributed by atoms with Crippen LogP contribution in [0.15, 0.2) is 47.4 Å². The van der Waals surface area contributed by atoms with E-state index >= 15 is 0 Å². The van der Waals surface area contributed by atoms with Gasteiger partial charge in [0.1, 0.15) is 0 Å². The van der Waals surface area contributed by atoms with Gasteiger partial charge in [-0.05, 0) is 28.8 Å². The third-order valence-electron chi connectivity index (χ3n) is 4.31. The van der Waals surface area contributed by atoms with E-state index in [-0.39, 0.29) is 0 Å². The lowest BCUT2D eigenvalue weighted by molar-refractivity contribution is 0.847. The van der Waals surface area contributed by atoms with Crippen molar-refractivity contribution in [3.63, 3.8) is 0 Å². The minimum absolute atomic E-state index is 0.569. The van der Waals surface area contributed by atoms with Gasteiger partial charge in [0.05, 0.1) is 0 Å². The van der Waals surface area contributed by atoms with Gasteiger partial charge < -0.3 is 5.32 Å². The van der Waals surface area contributed by atoms with E-state index in [2.05, 4.69) is 54.7 Å². The smallest absolute Gasteiger partial charge is 0.0376 e. The summed E-state index contributed by atoms with van der Waals surface area (Å²) in [4.78, 5) is 1.46. The number of thioether (sulfide) groups is 1. The molecule has 0 bridgehead atoms. The first kappa shape index (κ1) is 11.4. The van der Waals surface area contributed by atoms with Crippen molar-refractivity contribution in [3.05, 3.63) is 59.2 Å². The van der Waals surface area contributed by atoms with E-state index in [4.69, 9.17) is 0 Å². The van der Waals surface area contributed by atoms with Crippen LogP contribution < -0.4 is 5.32 Å². The number of fused-ring (bicyclic) bond motifs is 2. The van der Waals surface area contributed by atoms with Crippen LogP contribution in [0.5, 0.6) is 0 Å². The van der Waals surface area contributed by atoms with Crippen LogP contribution in [0.4, 0.5) is 5.69 Å². The molecule has 2 unspecified atom stereocenters. The molecule has 19 heavy (non-hydrogen) atoms. The predicted octanol–water partition coefficient (Wildman–Crippen LogP) is 4.45. The molecular weight excluding hydrogens is 250 g/mol. The molecule has 0 aliphatic carbocycles. The summed E-state index contributed by atoms with van der Waals surface area (Å²) in [6, 6.07) is 15.8. The summed E-state index contributed by atoms with van der Waals surface area (Å²) in [6.07, 6.45) is 0. The molecule has 0 spiro atoms. The zero-order valence-corrected chi connectivity index (χ0v) is 11.8. The van der Waals surface area contributed by atoms with Gasteiger partial charge in [-0.2, -0.15) is 0 Å². The van der Waals surface area contributed by atoms with E-state index in [9.17, 15) is 0 Å². The molecule has 1 nitrogen and oxygen atoms in total. The summed E-state index contributed by atoms with van der Waals surface area (Å²) in [5, 5.41) is 3.48. The van der Waals surface area contributed by atoms with Crippen LogP contribution in [-0.2, 0) is 0 Å². The summed E-state index contributed by atoms with van der Waals surface area (Å²) in [5.41, 5.74) is 5.81. The largest absolute Gasteiger partial charge is 0.384 e. The molecule has 4 rings (SSSR count). The van der Waals surface area contributed by atoms with E-state index in [1.54, 1.807) is 0 Å². The number of benzene rings is 2. The molecule has 2 heteroatoms. The molecule has 2 atom stereocenters. The lowest BCUT2D eigenvalue weighted by atomic mass is 9.90. The Morgan fingerprint density at radius 3 is 2.95 bits per heavy atom. The van der Waals surface area contributed by atoms with Gasteiger partial charge >= 0.3 is 0 Å². The Bertz CT molecular complexity index is 635. The summed E-state index contributed by atoms with van der Waals surface area (Å²) >= 11 is 1.99. The number of rotatable bonds is 1. The topological polar surface area (TPSA) is 12.0 Å². The molecule has 1 N–H and O–H groups in total. The highest BCUT2D eigenvalue weighted by atomic mass is 32.2. The second kappa shape index (κ2) is 4.31. The first-order valence-electron chi connectivity index (χ1n) is 6.92. The van der Waals surface area contributed by atoms with Crippen LogP contribution in [0.2, 0.25) is 0 Å². The Kier molecular flexibility index (Phi) is 2.59. The molecule has 2 aliphatic heterocycles. The van der Waals surface area contributed by atoms with Gasteiger partial charge in [0, 0.05) is 34.7 Å². The average molecular weight is 267 g/mol. The molecule has 0 aromatic heterocycles. The van der Waals surface area contributed by atoms with Gasteiger partial charge in [-0.25, -0.2) is 0 Å². The average Bonchev–Trinajstić information content (AvgIpc) is 3.03. The highest BCUT2D eigenvalue weighted by Crippen LogP contribution is 2.44. The van der Waals surface area contributed by atoms with Gasteiger partial charge in [0.15, 0.2) is 0 Å². The van der Waals surface area contributed by atoms with Crippen LogP contribution in [0.25, 0.3) is 0 Å². The highest BCUT2D eigenvalue weighted by molar-refractivity contribution is 7.99. The number of nitrogens with one attached hydrogen (secondary N) is 1. The lowest BCUT2D eigenvalue weighted by Crippen LogP contribution is -2.00. The van der Waals surface area contributed by atoms with Gasteiger partial charge in [-0.15, -0.1) is 11.8 Å². The molecule has 96 valence electrons. The maximum absolute atomic E-state index is 3.48. The number of hydrogen-bond donors (Lipinski definition) is 1. The predicted molar refractivity (Wildman–Crippen MR) is 82.4 cm³/mol. The minimum Gasteiger partial charge on any atom is -0.384 e. The molecule has 2 aromatic rings. The Labute approximate surface area is 118 Å². The van der Waals surface area contributed by atoms with E-state index in [1.165, 1.54) is 33.0 Å². The molecule has 0 saturated carbocycles. The quantitative estimate of drug-likeness (QED) is 0.819. The summed E-state index contributed by atoms with van der Waals surface area (Å²) in [7, 11) is 0. The number of anilines is 1. The van der Waals surface area contributed by atoms with Crippen molar-refractivity contribution in [2.24, 2.45) is 0 Å². The fourth-order valence-corrected chi connectivity index (χ4v) is 4.45. The molecule has 0 saturated heterocycles. The molecule has 0 amide bonds. The monoisotopic (exact) mass is 267 g/mol. The van der Waals surface area contributed by atoms with Gasteiger partial charge in [0.2, 0.25) is 0 Å². The van der Waals surface area contributed by atoms with E-state index in [0.29, 0.717) is 11.8 Å². The Balaban J connectivity index is 1.77. The second-order valence-electron chi connectivity index (χ2n) is 5.53. The minimum atomic E-state index is 0.569. The summed E-state index contributed by atoms with van der Waals surface area (Å²) < 4.78 is 0. The Morgan fingerprint density at radius 2 is 2.00 bits per heavy atom. The second-order valence-corrected chi connectivity index (χ2v) is 6.59. The fraction of sp³-hybridized carbons (Fsp3) is 0.294. The first-order valence-corrected chi connectivity index (χ1v) is 7.91. The van der Waals surface area contributed by atoms with Crippen molar-refractivity contribution in [1.29, 1.82) is 0 Å². The molecule has 0 radical (unpaired) electrons. The van der Waals surface area contributed by atoms with Crippen LogP contribution in [-0.4, -0.2) is 12.3 Å². The SMILES string of the molecule is CC1CNc2ccc(C3CSc4ccccc43)cc21. The Morgan fingerprint density at radius 1 is 1.11 bits per heavy atom. The van der Waals surface area contributed by atoms with E-state index < -0.39 is 0 Å². The third-order valence-corrected chi connectivity index (χ3v) is 5.49. The van der Waals surface area contributed by atoms with Crippen LogP contribution in [0.1, 0.15) is 35.4 Å². The van der Waals surface area contributed by atoms with Crippen LogP contribution in [0, 0.1) is 0 Å². The molecular formula is C17H17NS. The van der Waals surface area contributed by atoms with Gasteiger partial charge in [0.25, 0.3) is 0 Å². The van der Waals surface area contributed by atoms with Crippen molar-refractivity contribution >= 4 is 17.4 Å². The lowest BCUT2D eigenvalue weighted by Gasteiger charge is -2.13. The van der Waals surface area contributed by atoms with Crippen LogP contribution in [0.3, 0.4) is 0 Å². The highest BCUT2D eigenvalue weighted by Gasteiger charge is 2.26. The van der Waals surface area contributed by atoms with E-state index in [0.717, 1.165) is 6.54 Å². The standard InChI is InChI=1S/C17H17NS/c1-11-9-18-16-7-6-12(8-14(11)16)15-10-19-17-5-3-2-4-13(15)17/h2-8,11,15,18H,9-10H2,1H3. The van der Waals surface area contributed by atoms with Crippen molar-refractivity contribution in [2.75, 3.05) is 17.6 Å². The zero-order chi connectivity index (χ0) is 12.8. The van der Waals surface area contributed by atoms with Gasteiger partial charge in [-0.1, -0.05) is 37.3 Å². The third kappa shape index (κ3) is 1.78. The summed E-state index contributed by atoms with van der Waals surface area (Å²) in [6.45, 7) is 3.38. The van der Waals surface area contributed by atoms with Crippen molar-refractivity contribution < 1.29 is 0 Å². The molecule has 2 heterocycles. The molecule has 2 aliphatic rings. The number of hydrogen-bond acceptors (Lipinski definition) is 2. The Hall–Kier alpha value is -1.41. The fourth-order valence-electron chi connectivity index (χ4n) is 3.18. The van der Waals surface area contributed by atoms with Crippen molar-refractivity contribution in [2.45, 2.75) is 23.7 Å². The molecule has 0 fully saturated rings. The van der Waals surface area contributed by atoms with Crippen molar-refractivity contribution in [1.82, 2.24) is 0 Å². The zero-order valence-electron chi connectivity index (χ0n) is 11.0. The maximum atomic E-state index is 3.48. The normalized spacial score (nSPS) is 23.8. The molecule has 2 aromatic carbocycles.